The second-order valence-corrected chi connectivity index (χ2v) is 8.83. The third-order valence-corrected chi connectivity index (χ3v) is 6.41. The lowest BCUT2D eigenvalue weighted by atomic mass is 10.0. The van der Waals surface area contributed by atoms with E-state index in [-0.39, 0.29) is 39.9 Å². The number of ketones is 1. The topological polar surface area (TPSA) is 186 Å². The quantitative estimate of drug-likeness (QED) is 0.166. The number of aromatic nitrogens is 5. The minimum Gasteiger partial charge on any atom is -0.503 e. The molecule has 1 fully saturated rings. The van der Waals surface area contributed by atoms with E-state index in [4.69, 9.17) is 9.15 Å². The molecule has 0 unspecified atom stereocenters. The van der Waals surface area contributed by atoms with E-state index in [2.05, 4.69) is 19.9 Å². The maximum Gasteiger partial charge on any atom is 0.270 e. The lowest BCUT2D eigenvalue weighted by molar-refractivity contribution is -0.384. The van der Waals surface area contributed by atoms with Gasteiger partial charge in [0.2, 0.25) is 17.6 Å². The Morgan fingerprint density at radius 2 is 1.95 bits per heavy atom. The number of nitrogens with zero attached hydrogens (tertiary/aromatic N) is 6. The molecule has 198 valence electrons. The van der Waals surface area contributed by atoms with Gasteiger partial charge < -0.3 is 29.3 Å². The fourth-order valence-electron chi connectivity index (χ4n) is 4.59. The summed E-state index contributed by atoms with van der Waals surface area (Å²) in [6.45, 7) is 3.68. The minimum atomic E-state index is -0.755. The number of morpholine rings is 1. The molecular weight excluding hydrogens is 510 g/mol. The van der Waals surface area contributed by atoms with Crippen LogP contribution in [0.5, 0.6) is 11.6 Å². The van der Waals surface area contributed by atoms with E-state index in [0.29, 0.717) is 43.4 Å². The number of hydrogen-bond acceptors (Lipinski definition) is 11. The Morgan fingerprint density at radius 3 is 2.67 bits per heavy atom. The molecule has 1 saturated heterocycles. The van der Waals surface area contributed by atoms with E-state index in [9.17, 15) is 25.1 Å². The van der Waals surface area contributed by atoms with Gasteiger partial charge in [-0.1, -0.05) is 12.1 Å². The molecule has 0 amide bonds. The van der Waals surface area contributed by atoms with Gasteiger partial charge in [-0.05, 0) is 19.1 Å². The van der Waals surface area contributed by atoms with Gasteiger partial charge in [0, 0.05) is 30.8 Å². The van der Waals surface area contributed by atoms with E-state index in [1.807, 2.05) is 4.90 Å². The van der Waals surface area contributed by atoms with Crippen molar-refractivity contribution in [3.63, 3.8) is 0 Å². The first-order chi connectivity index (χ1) is 18.8. The molecule has 14 nitrogen and oxygen atoms in total. The number of H-pyrrole nitrogens is 1. The molecule has 1 aliphatic heterocycles. The first kappa shape index (κ1) is 24.1. The van der Waals surface area contributed by atoms with E-state index < -0.39 is 22.3 Å². The van der Waals surface area contributed by atoms with E-state index in [1.165, 1.54) is 36.7 Å². The van der Waals surface area contributed by atoms with Crippen LogP contribution in [0, 0.1) is 17.0 Å². The highest BCUT2D eigenvalue weighted by Gasteiger charge is 2.33. The van der Waals surface area contributed by atoms with Crippen molar-refractivity contribution in [3.8, 4) is 28.8 Å². The number of nitro benzene ring substituents is 1. The molecule has 0 radical (unpaired) electrons. The number of benzene rings is 1. The van der Waals surface area contributed by atoms with Crippen LogP contribution >= 0.6 is 0 Å². The van der Waals surface area contributed by atoms with Crippen LogP contribution in [0.1, 0.15) is 21.9 Å². The Hall–Kier alpha value is -5.24. The van der Waals surface area contributed by atoms with Gasteiger partial charge in [-0.2, -0.15) is 9.97 Å². The summed E-state index contributed by atoms with van der Waals surface area (Å²) in [5, 5.41) is 33.8. The lowest BCUT2D eigenvalue weighted by Gasteiger charge is -2.28. The molecule has 39 heavy (non-hydrogen) atoms. The number of fused-ring (bicyclic) bond motifs is 1. The van der Waals surface area contributed by atoms with Crippen molar-refractivity contribution in [2.75, 3.05) is 31.2 Å². The van der Waals surface area contributed by atoms with Gasteiger partial charge >= 0.3 is 0 Å². The van der Waals surface area contributed by atoms with E-state index >= 15 is 0 Å². The van der Waals surface area contributed by atoms with Crippen LogP contribution in [-0.4, -0.2) is 71.7 Å². The molecule has 0 bridgehead atoms. The SMILES string of the molecule is Cc1ccc(C(=O)c2c(O)c(O)n(-c3nc(N4CCOCC4)c4[nH]cnc4n3)c2-c2cccc([N+](=O)[O-])c2)o1. The molecule has 1 aliphatic rings. The number of furan rings is 1. The van der Waals surface area contributed by atoms with Crippen molar-refractivity contribution in [2.24, 2.45) is 0 Å². The highest BCUT2D eigenvalue weighted by Crippen LogP contribution is 2.44. The second kappa shape index (κ2) is 9.25. The minimum absolute atomic E-state index is 0.0597. The Morgan fingerprint density at radius 1 is 1.15 bits per heavy atom. The Labute approximate surface area is 219 Å². The number of aromatic hydroxyl groups is 2. The summed E-state index contributed by atoms with van der Waals surface area (Å²) >= 11 is 0. The van der Waals surface area contributed by atoms with Crippen LogP contribution < -0.4 is 4.90 Å². The normalized spacial score (nSPS) is 13.7. The van der Waals surface area contributed by atoms with Gasteiger partial charge in [-0.15, -0.1) is 0 Å². The Bertz CT molecular complexity index is 1750. The molecule has 0 saturated carbocycles. The lowest BCUT2D eigenvalue weighted by Crippen LogP contribution is -2.37. The molecule has 0 spiro atoms. The molecule has 6 rings (SSSR count). The number of aromatic amines is 1. The largest absolute Gasteiger partial charge is 0.503 e. The number of carbonyl (C=O) groups is 1. The van der Waals surface area contributed by atoms with Gasteiger partial charge in [0.1, 0.15) is 11.3 Å². The number of imidazole rings is 1. The Kier molecular flexibility index (Phi) is 5.72. The van der Waals surface area contributed by atoms with Gasteiger partial charge in [0.25, 0.3) is 5.69 Å². The zero-order chi connectivity index (χ0) is 27.3. The number of hydrogen-bond donors (Lipinski definition) is 3. The maximum absolute atomic E-state index is 13.6. The predicted molar refractivity (Wildman–Crippen MR) is 136 cm³/mol. The van der Waals surface area contributed by atoms with Gasteiger partial charge in [-0.3, -0.25) is 14.9 Å². The van der Waals surface area contributed by atoms with Crippen LogP contribution in [0.25, 0.3) is 28.4 Å². The van der Waals surface area contributed by atoms with Crippen LogP contribution in [0.15, 0.2) is 47.1 Å². The summed E-state index contributed by atoms with van der Waals surface area (Å²) in [5.74, 6) is -1.50. The molecule has 1 aromatic carbocycles. The maximum atomic E-state index is 13.6. The highest BCUT2D eigenvalue weighted by atomic mass is 16.6. The third-order valence-electron chi connectivity index (χ3n) is 6.41. The zero-order valence-corrected chi connectivity index (χ0v) is 20.5. The van der Waals surface area contributed by atoms with E-state index in [0.717, 1.165) is 4.57 Å². The summed E-state index contributed by atoms with van der Waals surface area (Å²) < 4.78 is 12.0. The average Bonchev–Trinajstić information content (AvgIpc) is 3.66. The van der Waals surface area contributed by atoms with Crippen molar-refractivity contribution < 1.29 is 29.1 Å². The highest BCUT2D eigenvalue weighted by molar-refractivity contribution is 6.14. The smallest absolute Gasteiger partial charge is 0.270 e. The summed E-state index contributed by atoms with van der Waals surface area (Å²) in [5.41, 5.74) is 0.329. The molecule has 0 aliphatic carbocycles. The van der Waals surface area contributed by atoms with E-state index in [1.54, 1.807) is 13.0 Å². The average molecular weight is 531 g/mol. The molecule has 4 aromatic heterocycles. The number of nitrogens with one attached hydrogen (secondary N) is 1. The first-order valence-electron chi connectivity index (χ1n) is 11.9. The molecule has 5 heterocycles. The van der Waals surface area contributed by atoms with Crippen molar-refractivity contribution >= 4 is 28.5 Å². The number of nitro groups is 1. The summed E-state index contributed by atoms with van der Waals surface area (Å²) in [6, 6.07) is 8.48. The number of aryl methyl sites for hydroxylation is 1. The molecular formula is C25H21N7O7. The zero-order valence-electron chi connectivity index (χ0n) is 20.5. The van der Waals surface area contributed by atoms with Gasteiger partial charge in [0.15, 0.2) is 23.0 Å². The molecule has 3 N–H and O–H groups in total. The van der Waals surface area contributed by atoms with Gasteiger partial charge in [0.05, 0.1) is 35.7 Å². The van der Waals surface area contributed by atoms with Crippen LogP contribution in [0.4, 0.5) is 11.5 Å². The first-order valence-corrected chi connectivity index (χ1v) is 11.9. The van der Waals surface area contributed by atoms with Crippen molar-refractivity contribution in [2.45, 2.75) is 6.92 Å². The monoisotopic (exact) mass is 531 g/mol. The standard InChI is InChI=1S/C25H21N7O7/c1-13-5-6-16(39-13)20(33)17-19(14-3-2-4-15(11-14)32(36)37)31(24(35)21(17)34)25-28-22-18(26-12-27-22)23(29-25)30-7-9-38-10-8-30/h2-6,11-12,34-35H,7-10H2,1H3,(H,26,27,28,29). The van der Waals surface area contributed by atoms with Crippen LogP contribution in [0.3, 0.4) is 0 Å². The number of carbonyl (C=O) groups excluding carboxylic acids is 1. The van der Waals surface area contributed by atoms with Gasteiger partial charge in [-0.25, -0.2) is 9.55 Å². The van der Waals surface area contributed by atoms with Crippen LogP contribution in [-0.2, 0) is 4.74 Å². The molecule has 5 aromatic rings. The number of anilines is 1. The van der Waals surface area contributed by atoms with Crippen molar-refractivity contribution in [1.82, 2.24) is 24.5 Å². The Balaban J connectivity index is 1.64. The number of non-ortho nitro benzene ring substituents is 1. The summed E-state index contributed by atoms with van der Waals surface area (Å²) in [6.07, 6.45) is 1.45. The molecule has 0 atom stereocenters. The predicted octanol–water partition coefficient (Wildman–Crippen LogP) is 3.10. The second-order valence-electron chi connectivity index (χ2n) is 8.83. The number of ether oxygens (including phenoxy) is 1. The summed E-state index contributed by atoms with van der Waals surface area (Å²) in [7, 11) is 0. The van der Waals surface area contributed by atoms with Crippen molar-refractivity contribution in [1.29, 1.82) is 0 Å². The summed E-state index contributed by atoms with van der Waals surface area (Å²) in [4.78, 5) is 42.9. The molecule has 14 heteroatoms. The third kappa shape index (κ3) is 4.02. The van der Waals surface area contributed by atoms with Crippen LogP contribution in [0.2, 0.25) is 0 Å². The van der Waals surface area contributed by atoms with Crippen molar-refractivity contribution in [3.05, 3.63) is 69.9 Å². The fourth-order valence-corrected chi connectivity index (χ4v) is 4.59. The fraction of sp³-hybridized carbons (Fsp3) is 0.200. The number of rotatable bonds is 6.